The van der Waals surface area contributed by atoms with E-state index < -0.39 is 0 Å². The van der Waals surface area contributed by atoms with Gasteiger partial charge in [0.2, 0.25) is 0 Å². The van der Waals surface area contributed by atoms with Gasteiger partial charge in [-0.2, -0.15) is 0 Å². The predicted octanol–water partition coefficient (Wildman–Crippen LogP) is 3.02. The summed E-state index contributed by atoms with van der Waals surface area (Å²) < 4.78 is 11.1. The lowest BCUT2D eigenvalue weighted by atomic mass is 10.2. The van der Waals surface area contributed by atoms with Gasteiger partial charge in [-0.15, -0.1) is 0 Å². The molecule has 0 saturated heterocycles. The highest BCUT2D eigenvalue weighted by Gasteiger charge is 2.21. The van der Waals surface area contributed by atoms with Crippen molar-refractivity contribution in [3.05, 3.63) is 35.3 Å². The number of para-hydroxylation sites is 1. The van der Waals surface area contributed by atoms with Gasteiger partial charge in [-0.3, -0.25) is 0 Å². The first-order valence-electron chi connectivity index (χ1n) is 4.31. The van der Waals surface area contributed by atoms with Crippen molar-refractivity contribution in [2.24, 2.45) is 0 Å². The fourth-order valence-corrected chi connectivity index (χ4v) is 1.25. The molecule has 2 rings (SSSR count). The van der Waals surface area contributed by atoms with Crippen LogP contribution >= 0.6 is 0 Å². The van der Waals surface area contributed by atoms with Gasteiger partial charge in [-0.1, -0.05) is 12.1 Å². The molecule has 1 aromatic carbocycles. The van der Waals surface area contributed by atoms with E-state index in [1.807, 2.05) is 39.0 Å². The van der Waals surface area contributed by atoms with Crippen LogP contribution in [0.3, 0.4) is 0 Å². The van der Waals surface area contributed by atoms with Crippen molar-refractivity contribution >= 4 is 0 Å². The average Bonchev–Trinajstić information content (AvgIpc) is 2.49. The van der Waals surface area contributed by atoms with Crippen molar-refractivity contribution in [2.75, 3.05) is 0 Å². The number of ether oxygens (including phenoxy) is 2. The van der Waals surface area contributed by atoms with E-state index >= 15 is 0 Å². The Morgan fingerprint density at radius 3 is 2.54 bits per heavy atom. The number of aryl methyl sites for hydroxylation is 1. The molecule has 2 nitrogen and oxygen atoms in total. The highest BCUT2D eigenvalue weighted by molar-refractivity contribution is 5.50. The van der Waals surface area contributed by atoms with Crippen LogP contribution in [0.15, 0.2) is 29.7 Å². The normalized spacial score (nSPS) is 13.3. The minimum Gasteiger partial charge on any atom is -0.422 e. The second kappa shape index (κ2) is 2.80. The largest absolute Gasteiger partial charge is 0.422 e. The van der Waals surface area contributed by atoms with E-state index in [-0.39, 0.29) is 0 Å². The molecule has 1 aromatic rings. The molecule has 0 bridgehead atoms. The Bertz CT molecular complexity index is 374. The van der Waals surface area contributed by atoms with Crippen LogP contribution in [0.4, 0.5) is 0 Å². The van der Waals surface area contributed by atoms with Gasteiger partial charge < -0.3 is 9.47 Å². The molecule has 0 unspecified atom stereocenters. The Kier molecular flexibility index (Phi) is 1.76. The van der Waals surface area contributed by atoms with Gasteiger partial charge in [0.05, 0.1) is 0 Å². The molecule has 68 valence electrons. The molecule has 0 aromatic heterocycles. The lowest BCUT2D eigenvalue weighted by molar-refractivity contribution is 0.280. The Morgan fingerprint density at radius 1 is 1.15 bits per heavy atom. The van der Waals surface area contributed by atoms with E-state index in [9.17, 15) is 0 Å². The highest BCUT2D eigenvalue weighted by Crippen LogP contribution is 2.39. The first-order valence-corrected chi connectivity index (χ1v) is 4.31. The second-order valence-corrected chi connectivity index (χ2v) is 3.39. The molecule has 0 fully saturated rings. The maximum Gasteiger partial charge on any atom is 0.289 e. The molecule has 13 heavy (non-hydrogen) atoms. The molecule has 2 heteroatoms. The molecule has 0 radical (unpaired) electrons. The quantitative estimate of drug-likeness (QED) is 0.605. The van der Waals surface area contributed by atoms with Crippen molar-refractivity contribution in [1.82, 2.24) is 0 Å². The third-order valence-electron chi connectivity index (χ3n) is 1.98. The number of allylic oxidation sites excluding steroid dienone is 1. The number of hydrogen-bond acceptors (Lipinski definition) is 2. The van der Waals surface area contributed by atoms with Crippen LogP contribution in [-0.2, 0) is 0 Å². The molecule has 0 aliphatic carbocycles. The second-order valence-electron chi connectivity index (χ2n) is 3.39. The van der Waals surface area contributed by atoms with Crippen molar-refractivity contribution in [1.29, 1.82) is 0 Å². The Balaban J connectivity index is 2.47. The van der Waals surface area contributed by atoms with E-state index in [4.69, 9.17) is 9.47 Å². The van der Waals surface area contributed by atoms with Crippen molar-refractivity contribution in [2.45, 2.75) is 20.8 Å². The number of fused-ring (bicyclic) bond motifs is 1. The monoisotopic (exact) mass is 176 g/mol. The van der Waals surface area contributed by atoms with Gasteiger partial charge in [-0.05, 0) is 32.4 Å². The summed E-state index contributed by atoms with van der Waals surface area (Å²) in [6.07, 6.45) is 0. The molecule has 0 amide bonds. The van der Waals surface area contributed by atoms with Crippen molar-refractivity contribution < 1.29 is 9.47 Å². The molecule has 0 spiro atoms. The van der Waals surface area contributed by atoms with Gasteiger partial charge in [0, 0.05) is 5.57 Å². The maximum atomic E-state index is 5.56. The van der Waals surface area contributed by atoms with Crippen LogP contribution in [0.5, 0.6) is 11.5 Å². The zero-order valence-electron chi connectivity index (χ0n) is 8.05. The summed E-state index contributed by atoms with van der Waals surface area (Å²) in [6, 6.07) is 5.89. The molecular formula is C11H12O2. The zero-order valence-corrected chi connectivity index (χ0v) is 8.05. The summed E-state index contributed by atoms with van der Waals surface area (Å²) in [7, 11) is 0. The number of benzene rings is 1. The van der Waals surface area contributed by atoms with Gasteiger partial charge in [0.1, 0.15) is 0 Å². The van der Waals surface area contributed by atoms with Gasteiger partial charge in [0.25, 0.3) is 5.95 Å². The van der Waals surface area contributed by atoms with Crippen LogP contribution in [0.1, 0.15) is 19.4 Å². The Hall–Kier alpha value is -1.44. The van der Waals surface area contributed by atoms with Crippen LogP contribution in [0.25, 0.3) is 0 Å². The first-order chi connectivity index (χ1) is 6.18. The summed E-state index contributed by atoms with van der Waals surface area (Å²) in [5.74, 6) is 2.28. The van der Waals surface area contributed by atoms with E-state index in [0.717, 1.165) is 22.6 Å². The smallest absolute Gasteiger partial charge is 0.289 e. The van der Waals surface area contributed by atoms with Crippen LogP contribution < -0.4 is 9.47 Å². The molecule has 1 aliphatic rings. The lowest BCUT2D eigenvalue weighted by Crippen LogP contribution is -1.96. The van der Waals surface area contributed by atoms with E-state index in [1.54, 1.807) is 0 Å². The Labute approximate surface area is 77.8 Å². The SMILES string of the molecule is CC(C)=C1Oc2cccc(C)c2O1. The van der Waals surface area contributed by atoms with Gasteiger partial charge >= 0.3 is 0 Å². The predicted molar refractivity (Wildman–Crippen MR) is 50.8 cm³/mol. The van der Waals surface area contributed by atoms with E-state index in [0.29, 0.717) is 5.95 Å². The lowest BCUT2D eigenvalue weighted by Gasteiger charge is -1.98. The topological polar surface area (TPSA) is 18.5 Å². The van der Waals surface area contributed by atoms with Crippen molar-refractivity contribution in [3.8, 4) is 11.5 Å². The standard InChI is InChI=1S/C11H12O2/c1-7(2)11-12-9-6-4-5-8(3)10(9)13-11/h4-6H,1-3H3. The summed E-state index contributed by atoms with van der Waals surface area (Å²) in [4.78, 5) is 0. The molecule has 0 atom stereocenters. The fourth-order valence-electron chi connectivity index (χ4n) is 1.25. The van der Waals surface area contributed by atoms with E-state index in [1.165, 1.54) is 0 Å². The third kappa shape index (κ3) is 1.28. The van der Waals surface area contributed by atoms with Crippen LogP contribution in [0.2, 0.25) is 0 Å². The molecular weight excluding hydrogens is 164 g/mol. The molecule has 1 aliphatic heterocycles. The maximum absolute atomic E-state index is 5.56. The third-order valence-corrected chi connectivity index (χ3v) is 1.98. The number of hydrogen-bond donors (Lipinski definition) is 0. The Morgan fingerprint density at radius 2 is 1.92 bits per heavy atom. The zero-order chi connectivity index (χ0) is 9.42. The van der Waals surface area contributed by atoms with Gasteiger partial charge in [-0.25, -0.2) is 0 Å². The first kappa shape index (κ1) is 8.17. The number of rotatable bonds is 0. The summed E-state index contributed by atoms with van der Waals surface area (Å²) in [5, 5.41) is 0. The average molecular weight is 176 g/mol. The fraction of sp³-hybridized carbons (Fsp3) is 0.273. The van der Waals surface area contributed by atoms with E-state index in [2.05, 4.69) is 0 Å². The van der Waals surface area contributed by atoms with Gasteiger partial charge in [0.15, 0.2) is 11.5 Å². The highest BCUT2D eigenvalue weighted by atomic mass is 16.7. The molecule has 1 heterocycles. The summed E-state index contributed by atoms with van der Waals surface area (Å²) in [5.41, 5.74) is 2.16. The summed E-state index contributed by atoms with van der Waals surface area (Å²) >= 11 is 0. The summed E-state index contributed by atoms with van der Waals surface area (Å²) in [6.45, 7) is 5.95. The molecule has 0 saturated carbocycles. The minimum absolute atomic E-state index is 0.615. The van der Waals surface area contributed by atoms with Crippen LogP contribution in [-0.4, -0.2) is 0 Å². The molecule has 0 N–H and O–H groups in total. The van der Waals surface area contributed by atoms with Crippen LogP contribution in [0, 0.1) is 6.92 Å². The van der Waals surface area contributed by atoms with Crippen molar-refractivity contribution in [3.63, 3.8) is 0 Å². The minimum atomic E-state index is 0.615.